The Morgan fingerprint density at radius 2 is 1.58 bits per heavy atom. The molecule has 0 amide bonds. The van der Waals surface area contributed by atoms with Crippen LogP contribution in [-0.4, -0.2) is 23.4 Å². The monoisotopic (exact) mass is 474 g/mol. The summed E-state index contributed by atoms with van der Waals surface area (Å²) in [5.41, 5.74) is -1.23. The molecule has 1 aromatic carbocycles. The second-order valence-corrected chi connectivity index (χ2v) is 12.0. The number of benzene rings is 1. The van der Waals surface area contributed by atoms with Gasteiger partial charge in [0.2, 0.25) is 0 Å². The standard InChI is InChI=1S/C28H39ClO4/c1-5-28(18-29,17-26(2,3)24(30)32-16-19-9-7-6-8-10-19)25(31)33-27(4)22-12-20-11-21(14-22)15-23(27)13-20/h6-10,20-23H,5,11-18H2,1-4H3. The second-order valence-electron chi connectivity index (χ2n) is 11.8. The highest BCUT2D eigenvalue weighted by atomic mass is 35.5. The van der Waals surface area contributed by atoms with E-state index in [4.69, 9.17) is 21.1 Å². The van der Waals surface area contributed by atoms with Gasteiger partial charge < -0.3 is 9.47 Å². The fourth-order valence-electron chi connectivity index (χ4n) is 6.97. The molecule has 4 aliphatic rings. The Kier molecular flexibility index (Phi) is 6.88. The Bertz CT molecular complexity index is 830. The first-order valence-corrected chi connectivity index (χ1v) is 13.2. The Morgan fingerprint density at radius 3 is 2.09 bits per heavy atom. The normalized spacial score (nSPS) is 32.3. The van der Waals surface area contributed by atoms with Crippen molar-refractivity contribution < 1.29 is 19.1 Å². The average Bonchev–Trinajstić information content (AvgIpc) is 2.79. The third kappa shape index (κ3) is 4.70. The molecule has 1 atom stereocenters. The molecule has 0 aliphatic heterocycles. The van der Waals surface area contributed by atoms with Gasteiger partial charge in [0.25, 0.3) is 0 Å². The smallest absolute Gasteiger partial charge is 0.313 e. The van der Waals surface area contributed by atoms with E-state index >= 15 is 0 Å². The molecule has 0 saturated heterocycles. The summed E-state index contributed by atoms with van der Waals surface area (Å²) < 4.78 is 12.1. The van der Waals surface area contributed by atoms with Gasteiger partial charge in [0.05, 0.1) is 10.8 Å². The first kappa shape index (κ1) is 24.6. The fraction of sp³-hybridized carbons (Fsp3) is 0.714. The minimum atomic E-state index is -0.908. The van der Waals surface area contributed by atoms with Crippen LogP contribution >= 0.6 is 11.6 Å². The van der Waals surface area contributed by atoms with Gasteiger partial charge in [-0.1, -0.05) is 37.3 Å². The van der Waals surface area contributed by atoms with E-state index in [-0.39, 0.29) is 24.4 Å². The lowest BCUT2D eigenvalue weighted by atomic mass is 9.50. The van der Waals surface area contributed by atoms with E-state index in [0.29, 0.717) is 24.7 Å². The predicted octanol–water partition coefficient (Wildman–Crippen LogP) is 6.54. The molecule has 1 aromatic rings. The number of esters is 2. The number of carbonyl (C=O) groups is 2. The topological polar surface area (TPSA) is 52.6 Å². The molecule has 4 fully saturated rings. The second kappa shape index (κ2) is 9.24. The van der Waals surface area contributed by atoms with Crippen molar-refractivity contribution in [2.75, 3.05) is 5.88 Å². The van der Waals surface area contributed by atoms with Crippen LogP contribution in [0, 0.1) is 34.5 Å². The molecule has 5 heteroatoms. The molecule has 0 heterocycles. The van der Waals surface area contributed by atoms with Gasteiger partial charge in [-0.25, -0.2) is 0 Å². The van der Waals surface area contributed by atoms with E-state index in [1.165, 1.54) is 32.1 Å². The van der Waals surface area contributed by atoms with Crippen LogP contribution < -0.4 is 0 Å². The highest BCUT2D eigenvalue weighted by Crippen LogP contribution is 2.60. The first-order valence-electron chi connectivity index (χ1n) is 12.6. The number of carbonyl (C=O) groups excluding carboxylic acids is 2. The number of hydrogen-bond acceptors (Lipinski definition) is 4. The number of hydrogen-bond donors (Lipinski definition) is 0. The molecule has 4 saturated carbocycles. The van der Waals surface area contributed by atoms with E-state index in [2.05, 4.69) is 6.92 Å². The summed E-state index contributed by atoms with van der Waals surface area (Å²) in [5, 5.41) is 0. The third-order valence-corrected chi connectivity index (χ3v) is 9.49. The molecule has 1 unspecified atom stereocenters. The zero-order valence-corrected chi connectivity index (χ0v) is 21.3. The van der Waals surface area contributed by atoms with Gasteiger partial charge >= 0.3 is 11.9 Å². The van der Waals surface area contributed by atoms with Crippen molar-refractivity contribution in [3.8, 4) is 0 Å². The van der Waals surface area contributed by atoms with Crippen molar-refractivity contribution in [3.63, 3.8) is 0 Å². The summed E-state index contributed by atoms with van der Waals surface area (Å²) in [7, 11) is 0. The lowest BCUT2D eigenvalue weighted by Crippen LogP contribution is -2.59. The average molecular weight is 475 g/mol. The van der Waals surface area contributed by atoms with Gasteiger partial charge in [0.15, 0.2) is 0 Å². The van der Waals surface area contributed by atoms with Gasteiger partial charge in [-0.15, -0.1) is 11.6 Å². The molecule has 0 N–H and O–H groups in total. The van der Waals surface area contributed by atoms with E-state index in [0.717, 1.165) is 17.4 Å². The first-order chi connectivity index (χ1) is 15.6. The van der Waals surface area contributed by atoms with Crippen LogP contribution in [0.25, 0.3) is 0 Å². The molecule has 182 valence electrons. The van der Waals surface area contributed by atoms with Crippen molar-refractivity contribution in [1.82, 2.24) is 0 Å². The zero-order chi connectivity index (χ0) is 23.9. The lowest BCUT2D eigenvalue weighted by Gasteiger charge is -2.59. The van der Waals surface area contributed by atoms with Crippen molar-refractivity contribution in [2.24, 2.45) is 34.5 Å². The summed E-state index contributed by atoms with van der Waals surface area (Å²) in [6, 6.07) is 9.63. The minimum absolute atomic E-state index is 0.133. The highest BCUT2D eigenvalue weighted by Gasteiger charge is 2.58. The van der Waals surface area contributed by atoms with Crippen LogP contribution in [0.4, 0.5) is 0 Å². The summed E-state index contributed by atoms with van der Waals surface area (Å²) in [6.45, 7) is 8.03. The van der Waals surface area contributed by atoms with Crippen molar-refractivity contribution >= 4 is 23.5 Å². The maximum Gasteiger partial charge on any atom is 0.313 e. The Labute approximate surface area is 203 Å². The fourth-order valence-corrected chi connectivity index (χ4v) is 7.36. The number of ether oxygens (including phenoxy) is 2. The molecule has 0 aromatic heterocycles. The molecule has 33 heavy (non-hydrogen) atoms. The Morgan fingerprint density at radius 1 is 1.00 bits per heavy atom. The van der Waals surface area contributed by atoms with E-state index in [9.17, 15) is 9.59 Å². The third-order valence-electron chi connectivity index (χ3n) is 8.98. The lowest BCUT2D eigenvalue weighted by molar-refractivity contribution is -0.213. The van der Waals surface area contributed by atoms with Gasteiger partial charge in [0, 0.05) is 5.88 Å². The van der Waals surface area contributed by atoms with Gasteiger partial charge in [-0.2, -0.15) is 0 Å². The molecule has 0 radical (unpaired) electrons. The Hall–Kier alpha value is -1.55. The van der Waals surface area contributed by atoms with Crippen LogP contribution in [-0.2, 0) is 25.7 Å². The molecular weight excluding hydrogens is 436 g/mol. The molecule has 5 rings (SSSR count). The van der Waals surface area contributed by atoms with Crippen LogP contribution in [0.15, 0.2) is 30.3 Å². The summed E-state index contributed by atoms with van der Waals surface area (Å²) in [4.78, 5) is 26.8. The van der Waals surface area contributed by atoms with Crippen LogP contribution in [0.3, 0.4) is 0 Å². The Balaban J connectivity index is 1.45. The van der Waals surface area contributed by atoms with Crippen LogP contribution in [0.2, 0.25) is 0 Å². The number of halogens is 1. The minimum Gasteiger partial charge on any atom is -0.460 e. The van der Waals surface area contributed by atoms with Gasteiger partial charge in [-0.05, 0) is 95.0 Å². The molecule has 4 bridgehead atoms. The van der Waals surface area contributed by atoms with E-state index < -0.39 is 16.4 Å². The summed E-state index contributed by atoms with van der Waals surface area (Å²) >= 11 is 6.46. The predicted molar refractivity (Wildman–Crippen MR) is 130 cm³/mol. The van der Waals surface area contributed by atoms with Crippen LogP contribution in [0.1, 0.15) is 78.2 Å². The molecule has 4 nitrogen and oxygen atoms in total. The largest absolute Gasteiger partial charge is 0.460 e. The van der Waals surface area contributed by atoms with E-state index in [1.807, 2.05) is 51.1 Å². The maximum atomic E-state index is 13.7. The quantitative estimate of drug-likeness (QED) is 0.301. The van der Waals surface area contributed by atoms with E-state index in [1.54, 1.807) is 0 Å². The summed E-state index contributed by atoms with van der Waals surface area (Å²) in [6.07, 6.45) is 6.89. The zero-order valence-electron chi connectivity index (χ0n) is 20.6. The SMILES string of the molecule is CCC(CCl)(CC(C)(C)C(=O)OCc1ccccc1)C(=O)OC1(C)C2CC3CC(C2)CC1C3. The van der Waals surface area contributed by atoms with Gasteiger partial charge in [-0.3, -0.25) is 9.59 Å². The van der Waals surface area contributed by atoms with Crippen molar-refractivity contribution in [1.29, 1.82) is 0 Å². The highest BCUT2D eigenvalue weighted by molar-refractivity contribution is 6.19. The van der Waals surface area contributed by atoms with Crippen molar-refractivity contribution in [2.45, 2.75) is 84.8 Å². The van der Waals surface area contributed by atoms with Crippen LogP contribution in [0.5, 0.6) is 0 Å². The molecular formula is C28H39ClO4. The maximum absolute atomic E-state index is 13.7. The number of alkyl halides is 1. The molecule has 4 aliphatic carbocycles. The summed E-state index contributed by atoms with van der Waals surface area (Å²) in [5.74, 6) is 2.09. The molecule has 0 spiro atoms. The van der Waals surface area contributed by atoms with Gasteiger partial charge in [0.1, 0.15) is 12.2 Å². The van der Waals surface area contributed by atoms with Crippen molar-refractivity contribution in [3.05, 3.63) is 35.9 Å². The number of rotatable bonds is 9.